The van der Waals surface area contributed by atoms with Crippen molar-refractivity contribution in [2.45, 2.75) is 57.5 Å². The first kappa shape index (κ1) is 22.2. The molecule has 0 unspecified atom stereocenters. The molecule has 6 rings (SSSR count). The van der Waals surface area contributed by atoms with Crippen molar-refractivity contribution < 1.29 is 9.59 Å². The lowest BCUT2D eigenvalue weighted by atomic mass is 9.97. The molecule has 0 radical (unpaired) electrons. The second-order valence-electron chi connectivity index (χ2n) is 9.78. The predicted octanol–water partition coefficient (Wildman–Crippen LogP) is 2.48. The molecule has 2 N–H and O–H groups in total. The highest BCUT2D eigenvalue weighted by Gasteiger charge is 2.31. The molecule has 2 fully saturated rings. The zero-order valence-corrected chi connectivity index (χ0v) is 20.3. The van der Waals surface area contributed by atoms with E-state index in [0.717, 1.165) is 57.2 Å². The molecule has 35 heavy (non-hydrogen) atoms. The Morgan fingerprint density at radius 1 is 1.11 bits per heavy atom. The van der Waals surface area contributed by atoms with Crippen molar-refractivity contribution in [2.24, 2.45) is 5.92 Å². The van der Waals surface area contributed by atoms with E-state index in [-0.39, 0.29) is 29.8 Å². The number of aromatic nitrogens is 3. The number of fused-ring (bicyclic) bond motifs is 2. The number of aryl methyl sites for hydroxylation is 2. The Hall–Kier alpha value is -3.27. The van der Waals surface area contributed by atoms with Gasteiger partial charge in [-0.2, -0.15) is 4.98 Å². The van der Waals surface area contributed by atoms with Gasteiger partial charge in [0.25, 0.3) is 5.56 Å². The second kappa shape index (κ2) is 9.07. The maximum Gasteiger partial charge on any atom is 0.273 e. The van der Waals surface area contributed by atoms with Crippen molar-refractivity contribution in [1.29, 1.82) is 0 Å². The van der Waals surface area contributed by atoms with Crippen molar-refractivity contribution in [1.82, 2.24) is 19.9 Å². The number of carbonyl (C=O) groups excluding carboxylic acids is 2. The third-order valence-corrected chi connectivity index (χ3v) is 8.15. The molecular formula is C25H28N6O3S. The van der Waals surface area contributed by atoms with Gasteiger partial charge in [0.2, 0.25) is 11.8 Å². The number of hydrogen-bond acceptors (Lipinski definition) is 7. The molecule has 182 valence electrons. The summed E-state index contributed by atoms with van der Waals surface area (Å²) in [5, 5.41) is 6.70. The molecule has 1 saturated heterocycles. The quantitative estimate of drug-likeness (QED) is 0.547. The Bertz CT molecular complexity index is 1360. The molecule has 1 aromatic carbocycles. The molecule has 3 aromatic rings. The Morgan fingerprint density at radius 3 is 2.83 bits per heavy atom. The van der Waals surface area contributed by atoms with Crippen LogP contribution in [-0.2, 0) is 29.0 Å². The van der Waals surface area contributed by atoms with Gasteiger partial charge in [0.15, 0.2) is 10.8 Å². The van der Waals surface area contributed by atoms with E-state index in [1.54, 1.807) is 0 Å². The Morgan fingerprint density at radius 2 is 1.97 bits per heavy atom. The van der Waals surface area contributed by atoms with Crippen molar-refractivity contribution in [3.05, 3.63) is 46.0 Å². The topological polar surface area (TPSA) is 109 Å². The summed E-state index contributed by atoms with van der Waals surface area (Å²) in [7, 11) is 0. The average Bonchev–Trinajstić information content (AvgIpc) is 3.37. The van der Waals surface area contributed by atoms with Gasteiger partial charge in [-0.25, -0.2) is 4.98 Å². The number of hydrogen-bond donors (Lipinski definition) is 2. The standard InChI is InChI=1S/C25H28N6O3S/c32-20(27-19-7-6-15-3-1-4-16(15)11-19)13-31-14-26-22-21(24(31)34)35-25(29-22)30-10-2-5-17(12-30)23(33)28-18-8-9-18/h6-7,11,14,17-18H,1-5,8-10,12-13H2,(H,27,32)(H,28,33)/t17-/m0/s1. The van der Waals surface area contributed by atoms with E-state index >= 15 is 0 Å². The number of anilines is 2. The van der Waals surface area contributed by atoms with E-state index in [9.17, 15) is 14.4 Å². The highest BCUT2D eigenvalue weighted by atomic mass is 32.1. The number of nitrogens with zero attached hydrogens (tertiary/aromatic N) is 4. The first-order valence-electron chi connectivity index (χ1n) is 12.4. The molecule has 1 saturated carbocycles. The largest absolute Gasteiger partial charge is 0.353 e. The number of piperidine rings is 1. The summed E-state index contributed by atoms with van der Waals surface area (Å²) < 4.78 is 1.76. The molecule has 3 aliphatic rings. The normalized spacial score (nSPS) is 19.5. The molecule has 1 aliphatic heterocycles. The SMILES string of the molecule is O=C(Cn1cnc2nc(N3CCC[C@H](C(=O)NC4CC4)C3)sc2c1=O)Nc1ccc2c(c1)CCC2. The van der Waals surface area contributed by atoms with Gasteiger partial charge in [-0.15, -0.1) is 0 Å². The summed E-state index contributed by atoms with van der Waals surface area (Å²) in [5.74, 6) is -0.214. The lowest BCUT2D eigenvalue weighted by molar-refractivity contribution is -0.125. The van der Waals surface area contributed by atoms with Gasteiger partial charge in [0.05, 0.1) is 5.92 Å². The van der Waals surface area contributed by atoms with E-state index in [0.29, 0.717) is 28.1 Å². The average molecular weight is 493 g/mol. The van der Waals surface area contributed by atoms with Gasteiger partial charge in [0, 0.05) is 24.8 Å². The van der Waals surface area contributed by atoms with Crippen molar-refractivity contribution in [2.75, 3.05) is 23.3 Å². The molecule has 3 heterocycles. The fourth-order valence-electron chi connectivity index (χ4n) is 5.00. The number of benzene rings is 1. The minimum absolute atomic E-state index is 0.0658. The number of nitrogens with one attached hydrogen (secondary N) is 2. The zero-order valence-electron chi connectivity index (χ0n) is 19.5. The van der Waals surface area contributed by atoms with Gasteiger partial charge >= 0.3 is 0 Å². The molecule has 1 atom stereocenters. The van der Waals surface area contributed by atoms with E-state index < -0.39 is 0 Å². The Labute approximate surface area is 206 Å². The molecule has 10 heteroatoms. The Kier molecular flexibility index (Phi) is 5.75. The summed E-state index contributed by atoms with van der Waals surface area (Å²) in [5.41, 5.74) is 3.49. The predicted molar refractivity (Wildman–Crippen MR) is 135 cm³/mol. The van der Waals surface area contributed by atoms with Gasteiger partial charge in [-0.1, -0.05) is 17.4 Å². The molecule has 9 nitrogen and oxygen atoms in total. The van der Waals surface area contributed by atoms with Crippen molar-refractivity contribution in [3.63, 3.8) is 0 Å². The van der Waals surface area contributed by atoms with Crippen LogP contribution in [0.25, 0.3) is 10.3 Å². The number of carbonyl (C=O) groups is 2. The van der Waals surface area contributed by atoms with Crippen molar-refractivity contribution in [3.8, 4) is 0 Å². The minimum Gasteiger partial charge on any atom is -0.353 e. The lowest BCUT2D eigenvalue weighted by Gasteiger charge is -2.31. The minimum atomic E-state index is -0.275. The Balaban J connectivity index is 1.15. The molecule has 2 aromatic heterocycles. The van der Waals surface area contributed by atoms with Crippen molar-refractivity contribution >= 4 is 44.3 Å². The molecule has 0 bridgehead atoms. The van der Waals surface area contributed by atoms with Gasteiger partial charge in [-0.3, -0.25) is 19.0 Å². The number of amides is 2. The van der Waals surface area contributed by atoms with E-state index in [1.165, 1.54) is 33.4 Å². The second-order valence-corrected chi connectivity index (χ2v) is 10.8. The van der Waals surface area contributed by atoms with Gasteiger partial charge in [0.1, 0.15) is 17.6 Å². The van der Waals surface area contributed by atoms with Crippen LogP contribution in [0.15, 0.2) is 29.3 Å². The summed E-state index contributed by atoms with van der Waals surface area (Å²) >= 11 is 1.28. The summed E-state index contributed by atoms with van der Waals surface area (Å²) in [6, 6.07) is 6.36. The van der Waals surface area contributed by atoms with E-state index in [2.05, 4.69) is 31.6 Å². The summed E-state index contributed by atoms with van der Waals surface area (Å²) in [6.45, 7) is 1.28. The smallest absolute Gasteiger partial charge is 0.273 e. The highest BCUT2D eigenvalue weighted by Crippen LogP contribution is 2.30. The molecule has 0 spiro atoms. The van der Waals surface area contributed by atoms with Crippen LogP contribution < -0.4 is 21.1 Å². The van der Waals surface area contributed by atoms with Gasteiger partial charge < -0.3 is 15.5 Å². The fraction of sp³-hybridized carbons (Fsp3) is 0.480. The molecule has 2 aliphatic carbocycles. The maximum atomic E-state index is 13.1. The van der Waals surface area contributed by atoms with Gasteiger partial charge in [-0.05, 0) is 68.2 Å². The highest BCUT2D eigenvalue weighted by molar-refractivity contribution is 7.22. The third kappa shape index (κ3) is 4.67. The monoisotopic (exact) mass is 492 g/mol. The molecular weight excluding hydrogens is 464 g/mol. The first-order valence-corrected chi connectivity index (χ1v) is 13.2. The van der Waals surface area contributed by atoms with Crippen LogP contribution in [0, 0.1) is 5.92 Å². The molecule has 2 amide bonds. The number of rotatable bonds is 6. The fourth-order valence-corrected chi connectivity index (χ4v) is 6.00. The van der Waals surface area contributed by atoms with Crippen LogP contribution in [0.1, 0.15) is 43.2 Å². The summed E-state index contributed by atoms with van der Waals surface area (Å²) in [4.78, 5) is 49.3. The maximum absolute atomic E-state index is 13.1. The van der Waals surface area contributed by atoms with Crippen LogP contribution in [-0.4, -0.2) is 45.5 Å². The van der Waals surface area contributed by atoms with Crippen LogP contribution in [0.2, 0.25) is 0 Å². The van der Waals surface area contributed by atoms with Crippen LogP contribution >= 0.6 is 11.3 Å². The summed E-state index contributed by atoms with van der Waals surface area (Å²) in [6.07, 6.45) is 8.58. The lowest BCUT2D eigenvalue weighted by Crippen LogP contribution is -2.43. The van der Waals surface area contributed by atoms with E-state index in [1.807, 2.05) is 12.1 Å². The zero-order chi connectivity index (χ0) is 23.9. The van der Waals surface area contributed by atoms with Crippen LogP contribution in [0.4, 0.5) is 10.8 Å². The third-order valence-electron chi connectivity index (χ3n) is 7.06. The van der Waals surface area contributed by atoms with E-state index in [4.69, 9.17) is 0 Å². The number of thiazole rings is 1. The first-order chi connectivity index (χ1) is 17.0. The van der Waals surface area contributed by atoms with Crippen LogP contribution in [0.5, 0.6) is 0 Å². The van der Waals surface area contributed by atoms with Crippen LogP contribution in [0.3, 0.4) is 0 Å².